The molecule has 0 radical (unpaired) electrons. The molecule has 0 spiro atoms. The zero-order valence-electron chi connectivity index (χ0n) is 8.10. The minimum absolute atomic E-state index is 0.781. The van der Waals surface area contributed by atoms with Crippen LogP contribution in [0.25, 0.3) is 0 Å². The van der Waals surface area contributed by atoms with E-state index >= 15 is 0 Å². The molecule has 0 aromatic heterocycles. The third-order valence-electron chi connectivity index (χ3n) is 1.20. The molecular weight excluding hydrogens is 272 g/mol. The summed E-state index contributed by atoms with van der Waals surface area (Å²) in [5.74, 6) is 0. The van der Waals surface area contributed by atoms with Crippen LogP contribution in [-0.4, -0.2) is 17.4 Å². The van der Waals surface area contributed by atoms with Gasteiger partial charge in [0.15, 0.2) is 0 Å². The largest absolute Gasteiger partial charge is 0.553 e. The Morgan fingerprint density at radius 3 is 2.53 bits per heavy atom. The molecule has 7 nitrogen and oxygen atoms in total. The summed E-state index contributed by atoms with van der Waals surface area (Å²) >= 11 is 0.781. The molecule has 0 unspecified atom stereocenters. The monoisotopic (exact) mass is 278 g/mol. The van der Waals surface area contributed by atoms with Gasteiger partial charge in [-0.3, -0.25) is 0 Å². The van der Waals surface area contributed by atoms with Gasteiger partial charge in [0, 0.05) is 9.93 Å². The van der Waals surface area contributed by atoms with Crippen LogP contribution in [-0.2, 0) is 19.0 Å². The van der Waals surface area contributed by atoms with Gasteiger partial charge in [0.25, 0.3) is 0 Å². The number of carbonyl (C=O) groups excluding carboxylic acids is 1. The molecule has 9 heteroatoms. The zero-order valence-corrected chi connectivity index (χ0v) is 9.73. The van der Waals surface area contributed by atoms with E-state index in [0.29, 0.717) is 0 Å². The van der Waals surface area contributed by atoms with Gasteiger partial charge < -0.3 is 9.84 Å². The van der Waals surface area contributed by atoms with E-state index in [4.69, 9.17) is 5.11 Å². The van der Waals surface area contributed by atoms with E-state index in [0.717, 1.165) is 16.0 Å². The van der Waals surface area contributed by atoms with Crippen molar-refractivity contribution < 1.29 is 33.7 Å². The topological polar surface area (TPSA) is 91.3 Å². The van der Waals surface area contributed by atoms with E-state index in [9.17, 15) is 9.59 Å². The predicted molar refractivity (Wildman–Crippen MR) is 57.7 cm³/mol. The molecule has 0 fully saturated rings. The van der Waals surface area contributed by atoms with Gasteiger partial charge in [-0.05, 0) is 22.9 Å². The van der Waals surface area contributed by atoms with Gasteiger partial charge in [-0.25, -0.2) is 9.68 Å². The van der Waals surface area contributed by atoms with Crippen LogP contribution in [0.15, 0.2) is 35.2 Å². The van der Waals surface area contributed by atoms with Crippen LogP contribution >= 0.6 is 21.9 Å². The van der Waals surface area contributed by atoms with E-state index in [2.05, 4.69) is 19.0 Å². The molecule has 92 valence electrons. The number of carboxylic acid groups (broad SMARTS) is 1. The number of carbonyl (C=O) groups is 2. The first kappa shape index (κ1) is 13.6. The van der Waals surface area contributed by atoms with E-state index in [-0.39, 0.29) is 0 Å². The quantitative estimate of drug-likeness (QED) is 0.166. The van der Waals surface area contributed by atoms with Gasteiger partial charge in [-0.15, -0.1) is 4.33 Å². The molecule has 1 aromatic carbocycles. The Labute approximate surface area is 103 Å². The van der Waals surface area contributed by atoms with Crippen LogP contribution in [0.5, 0.6) is 0 Å². The number of hydrogen-bond acceptors (Lipinski definition) is 8. The zero-order chi connectivity index (χ0) is 12.5. The summed E-state index contributed by atoms with van der Waals surface area (Å²) in [7, 11) is 1.21. The summed E-state index contributed by atoms with van der Waals surface area (Å²) in [6, 6.07) is 9.20. The number of ether oxygens (including phenoxy) is 1. The van der Waals surface area contributed by atoms with Gasteiger partial charge in [-0.1, -0.05) is 18.2 Å². The highest BCUT2D eigenvalue weighted by Gasteiger charge is 2.11. The standard InChI is InChI=1S/C8H6O7S2/c9-7(10)12-8(11)13-14-15-17-16-6-4-2-1-3-5-6/h1-5H,(H,9,10). The lowest BCUT2D eigenvalue weighted by Gasteiger charge is -1.99. The first-order chi connectivity index (χ1) is 8.18. The SMILES string of the molecule is O=C(O)OC(=O)OOOSSc1ccccc1. The van der Waals surface area contributed by atoms with E-state index in [1.165, 1.54) is 10.8 Å². The normalized spacial score (nSPS) is 9.65. The molecule has 0 atom stereocenters. The third-order valence-corrected chi connectivity index (χ3v) is 2.79. The Kier molecular flexibility index (Phi) is 6.25. The summed E-state index contributed by atoms with van der Waals surface area (Å²) < 4.78 is 7.90. The lowest BCUT2D eigenvalue weighted by Crippen LogP contribution is -2.11. The maximum absolute atomic E-state index is 10.4. The highest BCUT2D eigenvalue weighted by atomic mass is 33.1. The first-order valence-corrected chi connectivity index (χ1v) is 6.10. The highest BCUT2D eigenvalue weighted by Crippen LogP contribution is 2.31. The minimum atomic E-state index is -1.80. The summed E-state index contributed by atoms with van der Waals surface area (Å²) in [6.45, 7) is 0. The van der Waals surface area contributed by atoms with Crippen molar-refractivity contribution in [2.45, 2.75) is 4.90 Å². The molecule has 1 N–H and O–H groups in total. The maximum Gasteiger partial charge on any atom is 0.553 e. The molecule has 1 rings (SSSR count). The third kappa shape index (κ3) is 6.68. The van der Waals surface area contributed by atoms with Gasteiger partial charge >= 0.3 is 12.3 Å². The number of benzene rings is 1. The smallest absolute Gasteiger partial charge is 0.449 e. The highest BCUT2D eigenvalue weighted by molar-refractivity contribution is 8.74. The van der Waals surface area contributed by atoms with Crippen molar-refractivity contribution in [2.75, 3.05) is 0 Å². The van der Waals surface area contributed by atoms with Crippen LogP contribution in [0.2, 0.25) is 0 Å². The molecule has 0 amide bonds. The van der Waals surface area contributed by atoms with E-state index in [1.54, 1.807) is 0 Å². The summed E-state index contributed by atoms with van der Waals surface area (Å²) in [6.07, 6.45) is -3.34. The fourth-order valence-electron chi connectivity index (χ4n) is 0.671. The molecule has 0 bridgehead atoms. The molecule has 1 aromatic rings. The Hall–Kier alpha value is -1.42. The van der Waals surface area contributed by atoms with Gasteiger partial charge in [0.1, 0.15) is 11.1 Å². The molecule has 0 saturated heterocycles. The minimum Gasteiger partial charge on any atom is -0.449 e. The average Bonchev–Trinajstić information content (AvgIpc) is 2.29. The first-order valence-electron chi connectivity index (χ1n) is 4.03. The molecule has 0 heterocycles. The van der Waals surface area contributed by atoms with Crippen molar-refractivity contribution in [2.24, 2.45) is 0 Å². The summed E-state index contributed by atoms with van der Waals surface area (Å²) in [5.41, 5.74) is 0. The molecule has 0 aliphatic carbocycles. The van der Waals surface area contributed by atoms with Gasteiger partial charge in [-0.2, -0.15) is 4.79 Å². The van der Waals surface area contributed by atoms with Crippen molar-refractivity contribution in [3.05, 3.63) is 30.3 Å². The lowest BCUT2D eigenvalue weighted by molar-refractivity contribution is -0.427. The number of hydrogen-bond donors (Lipinski definition) is 1. The maximum atomic E-state index is 10.4. The molecule has 17 heavy (non-hydrogen) atoms. The fourth-order valence-corrected chi connectivity index (χ4v) is 1.82. The second-order valence-corrected chi connectivity index (χ2v) is 4.12. The van der Waals surface area contributed by atoms with Crippen LogP contribution in [0.4, 0.5) is 9.59 Å². The fraction of sp³-hybridized carbons (Fsp3) is 0. The van der Waals surface area contributed by atoms with Crippen LogP contribution in [0.1, 0.15) is 0 Å². The van der Waals surface area contributed by atoms with Crippen molar-refractivity contribution in [1.29, 1.82) is 0 Å². The summed E-state index contributed by atoms with van der Waals surface area (Å²) in [4.78, 5) is 25.0. The van der Waals surface area contributed by atoms with Crippen LogP contribution in [0, 0.1) is 0 Å². The Morgan fingerprint density at radius 1 is 1.18 bits per heavy atom. The van der Waals surface area contributed by atoms with Crippen LogP contribution in [0.3, 0.4) is 0 Å². The molecule has 0 saturated carbocycles. The van der Waals surface area contributed by atoms with Gasteiger partial charge in [0.2, 0.25) is 0 Å². The van der Waals surface area contributed by atoms with Crippen LogP contribution < -0.4 is 0 Å². The van der Waals surface area contributed by atoms with Crippen molar-refractivity contribution >= 4 is 34.2 Å². The summed E-state index contributed by atoms with van der Waals surface area (Å²) in [5, 5.41) is 11.9. The predicted octanol–water partition coefficient (Wildman–Crippen LogP) is 3.04. The van der Waals surface area contributed by atoms with E-state index in [1.807, 2.05) is 30.3 Å². The Morgan fingerprint density at radius 2 is 1.88 bits per heavy atom. The Bertz CT molecular complexity index is 369. The lowest BCUT2D eigenvalue weighted by atomic mass is 10.4. The van der Waals surface area contributed by atoms with E-state index < -0.39 is 12.3 Å². The average molecular weight is 278 g/mol. The van der Waals surface area contributed by atoms with Gasteiger partial charge in [0.05, 0.1) is 0 Å². The second kappa shape index (κ2) is 7.79. The van der Waals surface area contributed by atoms with Crippen molar-refractivity contribution in [1.82, 2.24) is 0 Å². The molecule has 0 aliphatic rings. The second-order valence-electron chi connectivity index (χ2n) is 2.30. The molecule has 0 aliphatic heterocycles. The Balaban J connectivity index is 2.05. The molecular formula is C8H6O7S2. The van der Waals surface area contributed by atoms with Crippen molar-refractivity contribution in [3.8, 4) is 0 Å². The number of rotatable bonds is 5. The van der Waals surface area contributed by atoms with Crippen molar-refractivity contribution in [3.63, 3.8) is 0 Å².